The van der Waals surface area contributed by atoms with E-state index in [1.54, 1.807) is 0 Å². The van der Waals surface area contributed by atoms with Gasteiger partial charge in [0.25, 0.3) is 5.56 Å². The maximum absolute atomic E-state index is 11.4. The molecule has 0 aliphatic carbocycles. The van der Waals surface area contributed by atoms with E-state index in [9.17, 15) is 14.4 Å². The summed E-state index contributed by atoms with van der Waals surface area (Å²) in [5, 5.41) is 0. The fourth-order valence-electron chi connectivity index (χ4n) is 1.50. The maximum Gasteiger partial charge on any atom is 0.315 e. The number of aryl methyl sites for hydroxylation is 1. The molecule has 0 bridgehead atoms. The first-order chi connectivity index (χ1) is 8.54. The molecule has 0 aliphatic heterocycles. The fraction of sp³-hybridized carbons (Fsp3) is 0.111. The molecule has 0 fully saturated rings. The zero-order chi connectivity index (χ0) is 12.9. The van der Waals surface area contributed by atoms with Crippen LogP contribution in [0.3, 0.4) is 0 Å². The van der Waals surface area contributed by atoms with E-state index in [0.29, 0.717) is 0 Å². The van der Waals surface area contributed by atoms with Crippen LogP contribution >= 0.6 is 0 Å². The monoisotopic (exact) mass is 246 g/mol. The van der Waals surface area contributed by atoms with Crippen molar-refractivity contribution in [3.05, 3.63) is 36.8 Å². The Morgan fingerprint density at radius 1 is 0.722 bits per heavy atom. The van der Waals surface area contributed by atoms with Gasteiger partial charge in [-0.2, -0.15) is 0 Å². The molecule has 0 atom stereocenters. The highest BCUT2D eigenvalue weighted by Gasteiger charge is 2.07. The normalized spacial score (nSPS) is 11.2. The van der Waals surface area contributed by atoms with E-state index >= 15 is 0 Å². The van der Waals surface area contributed by atoms with Gasteiger partial charge in [-0.25, -0.2) is 15.0 Å². The van der Waals surface area contributed by atoms with Gasteiger partial charge in [0, 0.05) is 0 Å². The Balaban J connectivity index is 2.55. The van der Waals surface area contributed by atoms with Gasteiger partial charge >= 0.3 is 11.1 Å². The minimum absolute atomic E-state index is 0.0772. The van der Waals surface area contributed by atoms with Crippen molar-refractivity contribution in [2.24, 2.45) is 0 Å². The van der Waals surface area contributed by atoms with Gasteiger partial charge in [0.1, 0.15) is 5.69 Å². The SMILES string of the molecule is Cc1nc2nc3[nH]c(=O)c(=O)[nH]c3nc2[nH]c1=O. The van der Waals surface area contributed by atoms with Crippen molar-refractivity contribution in [1.29, 1.82) is 0 Å². The Morgan fingerprint density at radius 2 is 1.28 bits per heavy atom. The molecule has 0 aliphatic rings. The molecular formula is C9H6N6O3. The van der Waals surface area contributed by atoms with Crippen LogP contribution in [0.1, 0.15) is 5.69 Å². The highest BCUT2D eigenvalue weighted by molar-refractivity contribution is 5.76. The largest absolute Gasteiger partial charge is 0.315 e. The summed E-state index contributed by atoms with van der Waals surface area (Å²) in [6, 6.07) is 0. The van der Waals surface area contributed by atoms with Crippen LogP contribution in [-0.2, 0) is 0 Å². The number of rotatable bonds is 0. The lowest BCUT2D eigenvalue weighted by molar-refractivity contribution is 1.04. The summed E-state index contributed by atoms with van der Waals surface area (Å²) in [6.45, 7) is 1.53. The van der Waals surface area contributed by atoms with Gasteiger partial charge in [-0.3, -0.25) is 24.4 Å². The van der Waals surface area contributed by atoms with Crippen LogP contribution < -0.4 is 16.7 Å². The first-order valence-electron chi connectivity index (χ1n) is 4.95. The second-order valence-corrected chi connectivity index (χ2v) is 3.65. The average Bonchev–Trinajstić information content (AvgIpc) is 2.31. The summed E-state index contributed by atoms with van der Waals surface area (Å²) in [7, 11) is 0. The van der Waals surface area contributed by atoms with Crippen LogP contribution in [0.4, 0.5) is 0 Å². The van der Waals surface area contributed by atoms with E-state index in [1.807, 2.05) is 0 Å². The summed E-state index contributed by atoms with van der Waals surface area (Å²) < 4.78 is 0. The molecule has 3 aromatic rings. The van der Waals surface area contributed by atoms with E-state index in [0.717, 1.165) is 0 Å². The number of aromatic amines is 3. The van der Waals surface area contributed by atoms with Crippen molar-refractivity contribution in [1.82, 2.24) is 29.9 Å². The van der Waals surface area contributed by atoms with Crippen molar-refractivity contribution < 1.29 is 0 Å². The molecule has 3 aromatic heterocycles. The molecule has 0 saturated carbocycles. The zero-order valence-corrected chi connectivity index (χ0v) is 9.07. The van der Waals surface area contributed by atoms with Crippen molar-refractivity contribution in [2.45, 2.75) is 6.92 Å². The van der Waals surface area contributed by atoms with E-state index in [4.69, 9.17) is 0 Å². The quantitative estimate of drug-likeness (QED) is 0.328. The van der Waals surface area contributed by atoms with Crippen molar-refractivity contribution in [3.63, 3.8) is 0 Å². The van der Waals surface area contributed by atoms with Crippen LogP contribution in [-0.4, -0.2) is 29.9 Å². The number of hydrogen-bond donors (Lipinski definition) is 3. The van der Waals surface area contributed by atoms with E-state index in [1.165, 1.54) is 6.92 Å². The first-order valence-corrected chi connectivity index (χ1v) is 4.95. The number of fused-ring (bicyclic) bond motifs is 2. The van der Waals surface area contributed by atoms with Crippen LogP contribution in [0.5, 0.6) is 0 Å². The summed E-state index contributed by atoms with van der Waals surface area (Å²) in [6.07, 6.45) is 0. The van der Waals surface area contributed by atoms with E-state index in [-0.39, 0.29) is 33.8 Å². The summed E-state index contributed by atoms with van der Waals surface area (Å²) in [5.41, 5.74) is -1.30. The standard InChI is InChI=1S/C9H6N6O3/c1-2-7(16)13-4-3(10-2)11-5-6(12-4)15-9(18)8(17)14-5/h1H3,(H,10,11,14,17)(H2,12,13,15,16,18). The van der Waals surface area contributed by atoms with Crippen molar-refractivity contribution >= 4 is 22.6 Å². The minimum atomic E-state index is -0.835. The van der Waals surface area contributed by atoms with Gasteiger partial charge in [-0.1, -0.05) is 0 Å². The maximum atomic E-state index is 11.4. The van der Waals surface area contributed by atoms with Crippen molar-refractivity contribution in [3.8, 4) is 0 Å². The number of H-pyrrole nitrogens is 3. The Bertz CT molecular complexity index is 950. The van der Waals surface area contributed by atoms with Gasteiger partial charge in [0.2, 0.25) is 0 Å². The predicted octanol–water partition coefficient (Wildman–Crippen LogP) is -1.45. The zero-order valence-electron chi connectivity index (χ0n) is 9.07. The summed E-state index contributed by atoms with van der Waals surface area (Å²) >= 11 is 0. The number of nitrogens with one attached hydrogen (secondary N) is 3. The first kappa shape index (κ1) is 10.3. The molecule has 18 heavy (non-hydrogen) atoms. The Kier molecular flexibility index (Phi) is 1.91. The molecule has 9 heteroatoms. The third kappa shape index (κ3) is 1.41. The molecule has 3 N–H and O–H groups in total. The highest BCUT2D eigenvalue weighted by atomic mass is 16.2. The van der Waals surface area contributed by atoms with Crippen molar-refractivity contribution in [2.75, 3.05) is 0 Å². The molecular weight excluding hydrogens is 240 g/mol. The molecule has 90 valence electrons. The van der Waals surface area contributed by atoms with Gasteiger partial charge < -0.3 is 4.98 Å². The highest BCUT2D eigenvalue weighted by Crippen LogP contribution is 2.05. The molecule has 9 nitrogen and oxygen atoms in total. The molecule has 0 saturated heterocycles. The summed E-state index contributed by atoms with van der Waals surface area (Å²) in [4.78, 5) is 52.6. The van der Waals surface area contributed by atoms with E-state index < -0.39 is 11.1 Å². The third-order valence-electron chi connectivity index (χ3n) is 2.38. The lowest BCUT2D eigenvalue weighted by Gasteiger charge is -1.99. The second kappa shape index (κ2) is 3.32. The van der Waals surface area contributed by atoms with Crippen LogP contribution in [0.25, 0.3) is 22.6 Å². The molecule has 0 spiro atoms. The van der Waals surface area contributed by atoms with Gasteiger partial charge in [-0.05, 0) is 6.92 Å². The summed E-state index contributed by atoms with van der Waals surface area (Å²) in [5.74, 6) is 0. The molecule has 3 rings (SSSR count). The topological polar surface area (TPSA) is 137 Å². The Morgan fingerprint density at radius 3 is 1.94 bits per heavy atom. The van der Waals surface area contributed by atoms with Crippen LogP contribution in [0, 0.1) is 6.92 Å². The average molecular weight is 246 g/mol. The van der Waals surface area contributed by atoms with Crippen LogP contribution in [0.2, 0.25) is 0 Å². The predicted molar refractivity (Wildman–Crippen MR) is 61.4 cm³/mol. The Labute approximate surface area is 97.0 Å². The Hall–Kier alpha value is -2.84. The van der Waals surface area contributed by atoms with Gasteiger partial charge in [0.05, 0.1) is 0 Å². The minimum Gasteiger partial charge on any atom is -0.302 e. The van der Waals surface area contributed by atoms with Gasteiger partial charge in [0.15, 0.2) is 22.6 Å². The number of nitrogens with zero attached hydrogens (tertiary/aromatic N) is 3. The molecule has 0 aromatic carbocycles. The molecule has 0 radical (unpaired) electrons. The molecule has 0 unspecified atom stereocenters. The van der Waals surface area contributed by atoms with E-state index in [2.05, 4.69) is 29.9 Å². The smallest absolute Gasteiger partial charge is 0.302 e. The second-order valence-electron chi connectivity index (χ2n) is 3.65. The third-order valence-corrected chi connectivity index (χ3v) is 2.38. The lowest BCUT2D eigenvalue weighted by Crippen LogP contribution is -2.29. The number of aromatic nitrogens is 6. The van der Waals surface area contributed by atoms with Gasteiger partial charge in [-0.15, -0.1) is 0 Å². The lowest BCUT2D eigenvalue weighted by atomic mass is 10.5. The molecule has 0 amide bonds. The number of hydrogen-bond acceptors (Lipinski definition) is 6. The van der Waals surface area contributed by atoms with Crippen LogP contribution in [0.15, 0.2) is 14.4 Å². The molecule has 3 heterocycles. The fourth-order valence-corrected chi connectivity index (χ4v) is 1.50.